The Labute approximate surface area is 179 Å². The minimum atomic E-state index is -0.546. The van der Waals surface area contributed by atoms with Crippen molar-refractivity contribution in [2.45, 2.75) is 39.9 Å². The molecule has 0 radical (unpaired) electrons. The highest BCUT2D eigenvalue weighted by atomic mass is 19.1. The molecule has 2 rings (SSSR count). The number of aliphatic hydroxyl groups is 1. The third-order valence-electron chi connectivity index (χ3n) is 4.84. The first-order chi connectivity index (χ1) is 14.2. The van der Waals surface area contributed by atoms with Crippen LogP contribution < -0.4 is 0 Å². The molecule has 0 saturated carbocycles. The van der Waals surface area contributed by atoms with E-state index in [0.717, 1.165) is 6.54 Å². The molecule has 0 bridgehead atoms. The number of carbonyl (C=O) groups is 1. The SMILES string of the molecule is CC(C)COC[C@H](O)CN1CCO[C@H](CN(CC(C)C)C(=O)c2ccc(F)cc2)C1. The fourth-order valence-electron chi connectivity index (χ4n) is 3.55. The van der Waals surface area contributed by atoms with Gasteiger partial charge in [-0.3, -0.25) is 9.69 Å². The Hall–Kier alpha value is -1.54. The van der Waals surface area contributed by atoms with Gasteiger partial charge in [-0.1, -0.05) is 27.7 Å². The van der Waals surface area contributed by atoms with E-state index in [1.54, 1.807) is 4.90 Å². The minimum absolute atomic E-state index is 0.119. The number of amides is 1. The van der Waals surface area contributed by atoms with Crippen molar-refractivity contribution in [1.82, 2.24) is 9.80 Å². The van der Waals surface area contributed by atoms with Crippen molar-refractivity contribution in [2.75, 3.05) is 52.5 Å². The monoisotopic (exact) mass is 424 g/mol. The lowest BCUT2D eigenvalue weighted by molar-refractivity contribution is -0.0602. The van der Waals surface area contributed by atoms with Crippen LogP contribution in [0.2, 0.25) is 0 Å². The number of β-amino-alcohol motifs (C(OH)–C–C–N with tert-alkyl or cyclic N) is 1. The quantitative estimate of drug-likeness (QED) is 0.592. The molecule has 2 atom stereocenters. The fourth-order valence-corrected chi connectivity index (χ4v) is 3.55. The van der Waals surface area contributed by atoms with Crippen molar-refractivity contribution in [2.24, 2.45) is 11.8 Å². The van der Waals surface area contributed by atoms with Crippen LogP contribution in [0.15, 0.2) is 24.3 Å². The van der Waals surface area contributed by atoms with Gasteiger partial charge in [0.1, 0.15) is 5.82 Å². The van der Waals surface area contributed by atoms with Gasteiger partial charge >= 0.3 is 0 Å². The lowest BCUT2D eigenvalue weighted by atomic mass is 10.1. The van der Waals surface area contributed by atoms with E-state index in [1.165, 1.54) is 24.3 Å². The molecule has 1 amide bonds. The third kappa shape index (κ3) is 8.68. The molecule has 0 aliphatic carbocycles. The molecule has 7 heteroatoms. The molecule has 1 heterocycles. The van der Waals surface area contributed by atoms with Crippen molar-refractivity contribution in [3.63, 3.8) is 0 Å². The number of hydrogen-bond donors (Lipinski definition) is 1. The summed E-state index contributed by atoms with van der Waals surface area (Å²) >= 11 is 0. The minimum Gasteiger partial charge on any atom is -0.389 e. The van der Waals surface area contributed by atoms with E-state index in [0.29, 0.717) is 63.4 Å². The van der Waals surface area contributed by atoms with Crippen molar-refractivity contribution < 1.29 is 23.8 Å². The molecule has 0 spiro atoms. The maximum Gasteiger partial charge on any atom is 0.253 e. The second-order valence-electron chi connectivity index (χ2n) is 8.95. The fraction of sp³-hybridized carbons (Fsp3) is 0.696. The van der Waals surface area contributed by atoms with Gasteiger partial charge in [-0.2, -0.15) is 0 Å². The molecule has 170 valence electrons. The largest absolute Gasteiger partial charge is 0.389 e. The highest BCUT2D eigenvalue weighted by Crippen LogP contribution is 2.14. The summed E-state index contributed by atoms with van der Waals surface area (Å²) in [5.41, 5.74) is 0.474. The van der Waals surface area contributed by atoms with E-state index < -0.39 is 6.10 Å². The number of aliphatic hydroxyl groups excluding tert-OH is 1. The van der Waals surface area contributed by atoms with Gasteiger partial charge in [-0.15, -0.1) is 0 Å². The molecular weight excluding hydrogens is 387 g/mol. The summed E-state index contributed by atoms with van der Waals surface area (Å²) in [6.07, 6.45) is -0.680. The molecule has 1 aromatic carbocycles. The number of morpholine rings is 1. The lowest BCUT2D eigenvalue weighted by Crippen LogP contribution is -2.51. The van der Waals surface area contributed by atoms with Crippen molar-refractivity contribution in [3.05, 3.63) is 35.6 Å². The van der Waals surface area contributed by atoms with E-state index in [4.69, 9.17) is 9.47 Å². The number of benzene rings is 1. The summed E-state index contributed by atoms with van der Waals surface area (Å²) in [5, 5.41) is 10.3. The molecule has 30 heavy (non-hydrogen) atoms. The van der Waals surface area contributed by atoms with Gasteiger partial charge in [-0.25, -0.2) is 4.39 Å². The predicted octanol–water partition coefficient (Wildman–Crippen LogP) is 2.66. The number of rotatable bonds is 11. The van der Waals surface area contributed by atoms with Crippen LogP contribution in [0.3, 0.4) is 0 Å². The molecule has 0 unspecified atom stereocenters. The van der Waals surface area contributed by atoms with Gasteiger partial charge in [-0.05, 0) is 36.1 Å². The van der Waals surface area contributed by atoms with Crippen molar-refractivity contribution >= 4 is 5.91 Å². The van der Waals surface area contributed by atoms with Crippen LogP contribution >= 0.6 is 0 Å². The maximum atomic E-state index is 13.2. The average Bonchev–Trinajstić information content (AvgIpc) is 2.67. The van der Waals surface area contributed by atoms with Gasteiger partial charge in [0.2, 0.25) is 0 Å². The second kappa shape index (κ2) is 12.3. The van der Waals surface area contributed by atoms with Crippen molar-refractivity contribution in [3.8, 4) is 0 Å². The zero-order valence-electron chi connectivity index (χ0n) is 18.7. The van der Waals surface area contributed by atoms with Gasteiger partial charge in [0.15, 0.2) is 0 Å². The van der Waals surface area contributed by atoms with E-state index in [-0.39, 0.29) is 17.8 Å². The van der Waals surface area contributed by atoms with Crippen LogP contribution in [0, 0.1) is 17.7 Å². The summed E-state index contributed by atoms with van der Waals surface area (Å²) in [6, 6.07) is 5.66. The van der Waals surface area contributed by atoms with Crippen LogP contribution in [0.25, 0.3) is 0 Å². The Kier molecular flexibility index (Phi) is 10.2. The number of halogens is 1. The first-order valence-corrected chi connectivity index (χ1v) is 10.9. The molecule has 1 fully saturated rings. The van der Waals surface area contributed by atoms with Crippen LogP contribution in [-0.4, -0.2) is 85.6 Å². The van der Waals surface area contributed by atoms with E-state index in [1.807, 2.05) is 0 Å². The number of hydrogen-bond acceptors (Lipinski definition) is 5. The highest BCUT2D eigenvalue weighted by Gasteiger charge is 2.27. The normalized spacial score (nSPS) is 18.7. The number of nitrogens with zero attached hydrogens (tertiary/aromatic N) is 2. The summed E-state index contributed by atoms with van der Waals surface area (Å²) in [6.45, 7) is 12.8. The van der Waals surface area contributed by atoms with Crippen LogP contribution in [-0.2, 0) is 9.47 Å². The summed E-state index contributed by atoms with van der Waals surface area (Å²) in [5.74, 6) is 0.264. The van der Waals surface area contributed by atoms with E-state index in [2.05, 4.69) is 32.6 Å². The predicted molar refractivity (Wildman–Crippen MR) is 115 cm³/mol. The molecule has 1 aromatic rings. The first-order valence-electron chi connectivity index (χ1n) is 10.9. The zero-order chi connectivity index (χ0) is 22.1. The maximum absolute atomic E-state index is 13.2. The molecule has 1 aliphatic heterocycles. The Morgan fingerprint density at radius 1 is 1.23 bits per heavy atom. The smallest absolute Gasteiger partial charge is 0.253 e. The van der Waals surface area contributed by atoms with Crippen molar-refractivity contribution in [1.29, 1.82) is 0 Å². The van der Waals surface area contributed by atoms with Gasteiger partial charge in [0, 0.05) is 44.9 Å². The van der Waals surface area contributed by atoms with Crippen LogP contribution in [0.1, 0.15) is 38.1 Å². The summed E-state index contributed by atoms with van der Waals surface area (Å²) in [7, 11) is 0. The van der Waals surface area contributed by atoms with Gasteiger partial charge < -0.3 is 19.5 Å². The number of ether oxygens (including phenoxy) is 2. The molecular formula is C23H37FN2O4. The standard InChI is InChI=1S/C23H37FN2O4/c1-17(2)11-26(23(28)19-5-7-20(24)8-6-19)14-22-13-25(9-10-30-22)12-21(27)16-29-15-18(3)4/h5-8,17-18,21-22,27H,9-16H2,1-4H3/t21-,22+/m1/s1. The van der Waals surface area contributed by atoms with E-state index >= 15 is 0 Å². The topological polar surface area (TPSA) is 62.2 Å². The van der Waals surface area contributed by atoms with Crippen LogP contribution in [0.4, 0.5) is 4.39 Å². The van der Waals surface area contributed by atoms with Gasteiger partial charge in [0.05, 0.1) is 25.4 Å². The highest BCUT2D eigenvalue weighted by molar-refractivity contribution is 5.94. The lowest BCUT2D eigenvalue weighted by Gasteiger charge is -2.37. The molecule has 1 saturated heterocycles. The Balaban J connectivity index is 1.91. The van der Waals surface area contributed by atoms with Gasteiger partial charge in [0.25, 0.3) is 5.91 Å². The zero-order valence-corrected chi connectivity index (χ0v) is 18.7. The third-order valence-corrected chi connectivity index (χ3v) is 4.84. The molecule has 0 aromatic heterocycles. The molecule has 1 aliphatic rings. The average molecular weight is 425 g/mol. The van der Waals surface area contributed by atoms with Crippen LogP contribution in [0.5, 0.6) is 0 Å². The Morgan fingerprint density at radius 3 is 2.57 bits per heavy atom. The summed E-state index contributed by atoms with van der Waals surface area (Å²) in [4.78, 5) is 16.9. The number of carbonyl (C=O) groups excluding carboxylic acids is 1. The molecule has 6 nitrogen and oxygen atoms in total. The summed E-state index contributed by atoms with van der Waals surface area (Å²) < 4.78 is 24.7. The Bertz CT molecular complexity index is 639. The Morgan fingerprint density at radius 2 is 1.93 bits per heavy atom. The first kappa shape index (κ1) is 24.7. The molecule has 1 N–H and O–H groups in total. The van der Waals surface area contributed by atoms with E-state index in [9.17, 15) is 14.3 Å². The second-order valence-corrected chi connectivity index (χ2v) is 8.95.